The predicted molar refractivity (Wildman–Crippen MR) is 164 cm³/mol. The molecule has 4 aliphatic rings. The standard InChI is InChI=1S/C33H33ClFN5O2/c34-28-14-27-31(30(35)29(28)26-7-3-5-21-4-1-2-6-25(21)26)37-33(38-32(27)40-16-22-9-10-23(17-40)36-22)42-18-20-8-11-24-19-41-13-12-39(24)15-20/h1-8,14,22-24,36H,9-13,15-19H2. The van der Waals surface area contributed by atoms with Gasteiger partial charge in [0, 0.05) is 55.3 Å². The van der Waals surface area contributed by atoms with Crippen molar-refractivity contribution in [3.05, 3.63) is 71.0 Å². The van der Waals surface area contributed by atoms with Gasteiger partial charge in [-0.1, -0.05) is 60.1 Å². The lowest BCUT2D eigenvalue weighted by atomic mass is 9.96. The van der Waals surface area contributed by atoms with Gasteiger partial charge in [0.25, 0.3) is 0 Å². The molecule has 7 nitrogen and oxygen atoms in total. The lowest BCUT2D eigenvalue weighted by molar-refractivity contribution is -0.00633. The van der Waals surface area contributed by atoms with Crippen LogP contribution in [0.2, 0.25) is 5.02 Å². The van der Waals surface area contributed by atoms with E-state index >= 15 is 4.39 Å². The summed E-state index contributed by atoms with van der Waals surface area (Å²) < 4.78 is 28.6. The first-order valence-electron chi connectivity index (χ1n) is 14.9. The monoisotopic (exact) mass is 585 g/mol. The van der Waals surface area contributed by atoms with E-state index in [0.717, 1.165) is 75.0 Å². The van der Waals surface area contributed by atoms with Crippen LogP contribution in [-0.2, 0) is 4.74 Å². The highest BCUT2D eigenvalue weighted by Crippen LogP contribution is 2.41. The van der Waals surface area contributed by atoms with Crippen LogP contribution >= 0.6 is 11.6 Å². The minimum atomic E-state index is -0.450. The van der Waals surface area contributed by atoms with E-state index in [1.165, 1.54) is 5.57 Å². The van der Waals surface area contributed by atoms with Crippen LogP contribution in [0, 0.1) is 5.82 Å². The van der Waals surface area contributed by atoms with Crippen LogP contribution in [0.25, 0.3) is 32.8 Å². The van der Waals surface area contributed by atoms with E-state index in [0.29, 0.717) is 46.5 Å². The smallest absolute Gasteiger partial charge is 0.319 e. The Hall–Kier alpha value is -3.30. The van der Waals surface area contributed by atoms with Crippen LogP contribution < -0.4 is 15.0 Å². The van der Waals surface area contributed by atoms with E-state index < -0.39 is 5.82 Å². The maximum absolute atomic E-state index is 16.7. The van der Waals surface area contributed by atoms with Gasteiger partial charge in [-0.25, -0.2) is 4.39 Å². The zero-order valence-corrected chi connectivity index (χ0v) is 24.1. The van der Waals surface area contributed by atoms with Gasteiger partial charge in [0.2, 0.25) is 0 Å². The Labute approximate surface area is 249 Å². The highest BCUT2D eigenvalue weighted by molar-refractivity contribution is 6.35. The number of anilines is 1. The largest absolute Gasteiger partial charge is 0.459 e. The molecule has 3 saturated heterocycles. The Morgan fingerprint density at radius 1 is 1.05 bits per heavy atom. The second-order valence-corrected chi connectivity index (χ2v) is 12.3. The first-order valence-corrected chi connectivity index (χ1v) is 15.3. The first kappa shape index (κ1) is 26.3. The molecule has 2 bridgehead atoms. The molecule has 0 saturated carbocycles. The van der Waals surface area contributed by atoms with E-state index in [1.807, 2.05) is 48.5 Å². The summed E-state index contributed by atoms with van der Waals surface area (Å²) in [5.41, 5.74) is 2.52. The summed E-state index contributed by atoms with van der Waals surface area (Å²) >= 11 is 6.90. The molecular weight excluding hydrogens is 553 g/mol. The molecule has 5 heterocycles. The average Bonchev–Trinajstić information content (AvgIpc) is 3.36. The predicted octanol–water partition coefficient (Wildman–Crippen LogP) is 5.59. The second-order valence-electron chi connectivity index (χ2n) is 11.9. The van der Waals surface area contributed by atoms with E-state index in [9.17, 15) is 0 Å². The summed E-state index contributed by atoms with van der Waals surface area (Å²) in [5, 5.41) is 6.60. The normalized spacial score (nSPS) is 24.2. The van der Waals surface area contributed by atoms with E-state index in [2.05, 4.69) is 26.2 Å². The van der Waals surface area contributed by atoms with Crippen molar-refractivity contribution in [3.8, 4) is 17.1 Å². The van der Waals surface area contributed by atoms with Gasteiger partial charge in [-0.05, 0) is 47.2 Å². The molecule has 1 aromatic heterocycles. The van der Waals surface area contributed by atoms with Crippen molar-refractivity contribution in [2.75, 3.05) is 50.9 Å². The Morgan fingerprint density at radius 2 is 1.88 bits per heavy atom. The van der Waals surface area contributed by atoms with Gasteiger partial charge in [0.05, 0.1) is 18.2 Å². The van der Waals surface area contributed by atoms with Crippen molar-refractivity contribution in [1.82, 2.24) is 20.2 Å². The molecule has 216 valence electrons. The zero-order chi connectivity index (χ0) is 28.2. The fourth-order valence-electron chi connectivity index (χ4n) is 7.13. The zero-order valence-electron chi connectivity index (χ0n) is 23.4. The lowest BCUT2D eigenvalue weighted by Gasteiger charge is -2.38. The molecule has 0 amide bonds. The third kappa shape index (κ3) is 4.71. The molecule has 9 heteroatoms. The summed E-state index contributed by atoms with van der Waals surface area (Å²) in [6.45, 7) is 5.27. The molecular formula is C33H33ClFN5O2. The van der Waals surface area contributed by atoms with Crippen LogP contribution in [0.4, 0.5) is 10.2 Å². The molecule has 3 unspecified atom stereocenters. The van der Waals surface area contributed by atoms with E-state index in [1.54, 1.807) is 0 Å². The quantitative estimate of drug-likeness (QED) is 0.306. The first-order chi connectivity index (χ1) is 20.6. The number of hydrogen-bond donors (Lipinski definition) is 1. The number of piperazine rings is 1. The number of halogens is 2. The number of nitrogens with zero attached hydrogens (tertiary/aromatic N) is 4. The average molecular weight is 586 g/mol. The number of rotatable bonds is 5. The molecule has 0 aliphatic carbocycles. The number of hydrogen-bond acceptors (Lipinski definition) is 7. The number of morpholine rings is 1. The maximum atomic E-state index is 16.7. The molecule has 3 aromatic carbocycles. The molecule has 0 spiro atoms. The minimum absolute atomic E-state index is 0.193. The molecule has 1 N–H and O–H groups in total. The lowest BCUT2D eigenvalue weighted by Crippen LogP contribution is -2.51. The van der Waals surface area contributed by atoms with Crippen LogP contribution in [0.3, 0.4) is 0 Å². The fraction of sp³-hybridized carbons (Fsp3) is 0.394. The molecule has 3 atom stereocenters. The minimum Gasteiger partial charge on any atom is -0.459 e. The Balaban J connectivity index is 1.21. The summed E-state index contributed by atoms with van der Waals surface area (Å²) in [5.74, 6) is 0.234. The third-order valence-corrected chi connectivity index (χ3v) is 9.54. The van der Waals surface area contributed by atoms with Gasteiger partial charge >= 0.3 is 6.01 Å². The van der Waals surface area contributed by atoms with Crippen molar-refractivity contribution in [3.63, 3.8) is 0 Å². The molecule has 4 aliphatic heterocycles. The maximum Gasteiger partial charge on any atom is 0.319 e. The molecule has 4 aromatic rings. The highest BCUT2D eigenvalue weighted by Gasteiger charge is 2.34. The number of ether oxygens (including phenoxy) is 2. The van der Waals surface area contributed by atoms with E-state index in [-0.39, 0.29) is 11.5 Å². The van der Waals surface area contributed by atoms with Crippen LogP contribution in [-0.4, -0.2) is 79.0 Å². The van der Waals surface area contributed by atoms with Gasteiger partial charge in [0.15, 0.2) is 5.82 Å². The summed E-state index contributed by atoms with van der Waals surface area (Å²) in [6, 6.07) is 17.1. The van der Waals surface area contributed by atoms with Crippen molar-refractivity contribution in [1.29, 1.82) is 0 Å². The molecule has 8 rings (SSSR count). The number of fused-ring (bicyclic) bond motifs is 5. The molecule has 0 radical (unpaired) electrons. The van der Waals surface area contributed by atoms with Crippen LogP contribution in [0.15, 0.2) is 60.2 Å². The van der Waals surface area contributed by atoms with Gasteiger partial charge < -0.3 is 19.7 Å². The Kier molecular flexibility index (Phi) is 6.75. The molecule has 42 heavy (non-hydrogen) atoms. The number of nitrogens with one attached hydrogen (secondary N) is 1. The third-order valence-electron chi connectivity index (χ3n) is 9.24. The Morgan fingerprint density at radius 3 is 2.76 bits per heavy atom. The van der Waals surface area contributed by atoms with Gasteiger partial charge in [0.1, 0.15) is 17.9 Å². The Bertz CT molecular complexity index is 1700. The topological polar surface area (TPSA) is 62.8 Å². The van der Waals surface area contributed by atoms with Gasteiger partial charge in [-0.2, -0.15) is 9.97 Å². The highest BCUT2D eigenvalue weighted by atomic mass is 35.5. The van der Waals surface area contributed by atoms with Crippen molar-refractivity contribution in [2.45, 2.75) is 37.4 Å². The van der Waals surface area contributed by atoms with Crippen LogP contribution in [0.1, 0.15) is 19.3 Å². The fourth-order valence-corrected chi connectivity index (χ4v) is 7.42. The van der Waals surface area contributed by atoms with Crippen molar-refractivity contribution >= 4 is 39.1 Å². The SMILES string of the molecule is Fc1c(-c2cccc3ccccc23)c(Cl)cc2c(N3CC4CCC(C3)N4)nc(OCC3=CCC4COCCN4C3)nc12. The summed E-state index contributed by atoms with van der Waals surface area (Å²) in [7, 11) is 0. The van der Waals surface area contributed by atoms with Crippen molar-refractivity contribution in [2.24, 2.45) is 0 Å². The summed E-state index contributed by atoms with van der Waals surface area (Å²) in [4.78, 5) is 14.3. The second kappa shape index (κ2) is 10.8. The van der Waals surface area contributed by atoms with Gasteiger partial charge in [-0.15, -0.1) is 0 Å². The van der Waals surface area contributed by atoms with Gasteiger partial charge in [-0.3, -0.25) is 4.90 Å². The van der Waals surface area contributed by atoms with Crippen LogP contribution in [0.5, 0.6) is 6.01 Å². The molecule has 3 fully saturated rings. The number of aromatic nitrogens is 2. The number of benzene rings is 3. The summed E-state index contributed by atoms with van der Waals surface area (Å²) in [6.07, 6.45) is 5.44. The van der Waals surface area contributed by atoms with Crippen molar-refractivity contribution < 1.29 is 13.9 Å². The van der Waals surface area contributed by atoms with E-state index in [4.69, 9.17) is 26.1 Å².